The van der Waals surface area contributed by atoms with Crippen molar-refractivity contribution in [2.75, 3.05) is 7.05 Å². The highest BCUT2D eigenvalue weighted by Crippen LogP contribution is 2.20. The number of likely N-dealkylation sites (N-methyl/N-ethyl adjacent to an activating group) is 1. The van der Waals surface area contributed by atoms with Gasteiger partial charge in [-0.3, -0.25) is 9.78 Å². The van der Waals surface area contributed by atoms with E-state index < -0.39 is 5.54 Å². The maximum absolute atomic E-state index is 12.8. The molecular weight excluding hydrogens is 262 g/mol. The fourth-order valence-electron chi connectivity index (χ4n) is 2.41. The number of hydrogen-bond acceptors (Lipinski definition) is 2. The third-order valence-electron chi connectivity index (χ3n) is 3.99. The second-order valence-corrected chi connectivity index (χ2v) is 5.94. The third kappa shape index (κ3) is 3.32. The molecule has 4 heteroatoms. The van der Waals surface area contributed by atoms with Crippen LogP contribution in [0.2, 0.25) is 0 Å². The number of rotatable bonds is 5. The van der Waals surface area contributed by atoms with Crippen molar-refractivity contribution >= 4 is 5.91 Å². The Labute approximate surface area is 126 Å². The van der Waals surface area contributed by atoms with Gasteiger partial charge in [0.25, 0.3) is 0 Å². The molecule has 1 unspecified atom stereocenters. The van der Waals surface area contributed by atoms with E-state index in [0.717, 1.165) is 12.1 Å². The summed E-state index contributed by atoms with van der Waals surface area (Å²) in [4.78, 5) is 18.9. The topological polar surface area (TPSA) is 38.1 Å². The molecule has 0 N–H and O–H groups in total. The predicted octanol–water partition coefficient (Wildman–Crippen LogP) is 2.71. The molecule has 0 fully saturated rings. The Kier molecular flexibility index (Phi) is 4.46. The van der Waals surface area contributed by atoms with Gasteiger partial charge in [0, 0.05) is 43.8 Å². The zero-order valence-corrected chi connectivity index (χ0v) is 13.2. The van der Waals surface area contributed by atoms with Crippen molar-refractivity contribution in [2.24, 2.45) is 0 Å². The van der Waals surface area contributed by atoms with Crippen molar-refractivity contribution in [3.05, 3.63) is 54.6 Å². The van der Waals surface area contributed by atoms with Crippen LogP contribution in [0.25, 0.3) is 0 Å². The van der Waals surface area contributed by atoms with E-state index >= 15 is 0 Å². The van der Waals surface area contributed by atoms with Crippen LogP contribution in [-0.2, 0) is 16.8 Å². The summed E-state index contributed by atoms with van der Waals surface area (Å²) in [6.07, 6.45) is 6.39. The second-order valence-electron chi connectivity index (χ2n) is 5.94. The lowest BCUT2D eigenvalue weighted by molar-refractivity contribution is -0.139. The largest absolute Gasteiger partial charge is 0.341 e. The molecule has 0 aromatic carbocycles. The Morgan fingerprint density at radius 2 is 1.95 bits per heavy atom. The van der Waals surface area contributed by atoms with E-state index in [1.54, 1.807) is 6.20 Å². The van der Waals surface area contributed by atoms with Gasteiger partial charge in [0.15, 0.2) is 0 Å². The summed E-state index contributed by atoms with van der Waals surface area (Å²) in [6.45, 7) is 5.94. The smallest absolute Gasteiger partial charge is 0.248 e. The van der Waals surface area contributed by atoms with Gasteiger partial charge in [-0.05, 0) is 45.0 Å². The fraction of sp³-hybridized carbons (Fsp3) is 0.412. The molecule has 0 aliphatic heterocycles. The minimum atomic E-state index is -0.587. The van der Waals surface area contributed by atoms with Gasteiger partial charge in [0.05, 0.1) is 0 Å². The van der Waals surface area contributed by atoms with E-state index in [1.807, 2.05) is 73.1 Å². The summed E-state index contributed by atoms with van der Waals surface area (Å²) in [6, 6.07) is 9.84. The molecule has 2 heterocycles. The predicted molar refractivity (Wildman–Crippen MR) is 83.9 cm³/mol. The molecule has 0 aliphatic rings. The minimum absolute atomic E-state index is 0.0992. The lowest BCUT2D eigenvalue weighted by atomic mass is 10.0. The third-order valence-corrected chi connectivity index (χ3v) is 3.99. The molecule has 21 heavy (non-hydrogen) atoms. The van der Waals surface area contributed by atoms with E-state index in [4.69, 9.17) is 0 Å². The van der Waals surface area contributed by atoms with Crippen LogP contribution < -0.4 is 0 Å². The average molecular weight is 285 g/mol. The first-order chi connectivity index (χ1) is 9.93. The summed E-state index contributed by atoms with van der Waals surface area (Å²) in [5, 5.41) is 0. The SMILES string of the molecule is CC(Cc1ccccn1)N(C)C(=O)C(C)(C)n1cccc1. The molecule has 2 rings (SSSR count). The molecule has 112 valence electrons. The van der Waals surface area contributed by atoms with Crippen molar-refractivity contribution in [3.8, 4) is 0 Å². The maximum atomic E-state index is 12.8. The van der Waals surface area contributed by atoms with Crippen LogP contribution >= 0.6 is 0 Å². The Balaban J connectivity index is 2.08. The molecule has 1 atom stereocenters. The highest BCUT2D eigenvalue weighted by atomic mass is 16.2. The van der Waals surface area contributed by atoms with Gasteiger partial charge in [-0.1, -0.05) is 6.07 Å². The zero-order chi connectivity index (χ0) is 15.5. The van der Waals surface area contributed by atoms with Crippen LogP contribution in [0.4, 0.5) is 0 Å². The van der Waals surface area contributed by atoms with E-state index in [-0.39, 0.29) is 11.9 Å². The standard InChI is InChI=1S/C17H23N3O/c1-14(13-15-9-5-6-10-18-15)19(4)16(21)17(2,3)20-11-7-8-12-20/h5-12,14H,13H2,1-4H3. The molecule has 0 aliphatic carbocycles. The van der Waals surface area contributed by atoms with E-state index in [1.165, 1.54) is 0 Å². The molecule has 0 radical (unpaired) electrons. The normalized spacial score (nSPS) is 13.0. The van der Waals surface area contributed by atoms with Gasteiger partial charge in [-0.25, -0.2) is 0 Å². The van der Waals surface area contributed by atoms with Crippen LogP contribution in [0.3, 0.4) is 0 Å². The first-order valence-corrected chi connectivity index (χ1v) is 7.23. The van der Waals surface area contributed by atoms with Crippen molar-refractivity contribution < 1.29 is 4.79 Å². The Morgan fingerprint density at radius 3 is 2.52 bits per heavy atom. The molecule has 2 aromatic rings. The monoisotopic (exact) mass is 285 g/mol. The van der Waals surface area contributed by atoms with Crippen molar-refractivity contribution in [3.63, 3.8) is 0 Å². The molecular formula is C17H23N3O. The fourth-order valence-corrected chi connectivity index (χ4v) is 2.41. The number of amides is 1. The summed E-state index contributed by atoms with van der Waals surface area (Å²) in [7, 11) is 1.86. The molecule has 0 saturated carbocycles. The van der Waals surface area contributed by atoms with Gasteiger partial charge in [-0.2, -0.15) is 0 Å². The number of carbonyl (C=O) groups excluding carboxylic acids is 1. The van der Waals surface area contributed by atoms with Crippen molar-refractivity contribution in [1.29, 1.82) is 0 Å². The number of nitrogens with zero attached hydrogens (tertiary/aromatic N) is 3. The Hall–Kier alpha value is -2.10. The van der Waals surface area contributed by atoms with E-state index in [9.17, 15) is 4.79 Å². The number of aromatic nitrogens is 2. The Morgan fingerprint density at radius 1 is 1.29 bits per heavy atom. The summed E-state index contributed by atoms with van der Waals surface area (Å²) < 4.78 is 1.94. The first kappa shape index (κ1) is 15.3. The maximum Gasteiger partial charge on any atom is 0.248 e. The number of carbonyl (C=O) groups is 1. The van der Waals surface area contributed by atoms with Gasteiger partial charge < -0.3 is 9.47 Å². The highest BCUT2D eigenvalue weighted by molar-refractivity contribution is 5.83. The van der Waals surface area contributed by atoms with Crippen LogP contribution in [0.15, 0.2) is 48.9 Å². The lowest BCUT2D eigenvalue weighted by Gasteiger charge is -2.34. The average Bonchev–Trinajstić information content (AvgIpc) is 3.01. The molecule has 4 nitrogen and oxygen atoms in total. The van der Waals surface area contributed by atoms with Gasteiger partial charge in [-0.15, -0.1) is 0 Å². The quantitative estimate of drug-likeness (QED) is 0.847. The summed E-state index contributed by atoms with van der Waals surface area (Å²) in [5.41, 5.74) is 0.416. The summed E-state index contributed by atoms with van der Waals surface area (Å²) in [5.74, 6) is 0.0992. The molecule has 0 spiro atoms. The van der Waals surface area contributed by atoms with Crippen LogP contribution in [0, 0.1) is 0 Å². The number of pyridine rings is 1. The lowest BCUT2D eigenvalue weighted by Crippen LogP contribution is -2.48. The summed E-state index contributed by atoms with van der Waals surface area (Å²) >= 11 is 0. The van der Waals surface area contributed by atoms with Crippen LogP contribution in [-0.4, -0.2) is 33.4 Å². The molecule has 1 amide bonds. The first-order valence-electron chi connectivity index (χ1n) is 7.23. The molecule has 0 bridgehead atoms. The van der Waals surface area contributed by atoms with Crippen LogP contribution in [0.1, 0.15) is 26.5 Å². The van der Waals surface area contributed by atoms with Crippen molar-refractivity contribution in [1.82, 2.24) is 14.5 Å². The minimum Gasteiger partial charge on any atom is -0.341 e. The zero-order valence-electron chi connectivity index (χ0n) is 13.2. The highest BCUT2D eigenvalue weighted by Gasteiger charge is 2.33. The van der Waals surface area contributed by atoms with Crippen LogP contribution in [0.5, 0.6) is 0 Å². The van der Waals surface area contributed by atoms with Gasteiger partial charge >= 0.3 is 0 Å². The molecule has 0 saturated heterocycles. The number of hydrogen-bond donors (Lipinski definition) is 0. The van der Waals surface area contributed by atoms with E-state index in [2.05, 4.69) is 11.9 Å². The molecule has 2 aromatic heterocycles. The van der Waals surface area contributed by atoms with Crippen molar-refractivity contribution in [2.45, 2.75) is 38.8 Å². The Bertz CT molecular complexity index is 575. The van der Waals surface area contributed by atoms with Gasteiger partial charge in [0.2, 0.25) is 5.91 Å². The second kappa shape index (κ2) is 6.12. The van der Waals surface area contributed by atoms with E-state index in [0.29, 0.717) is 0 Å². The van der Waals surface area contributed by atoms with Gasteiger partial charge in [0.1, 0.15) is 5.54 Å².